The molecule has 112 valence electrons. The molecule has 0 amide bonds. The van der Waals surface area contributed by atoms with Gasteiger partial charge in [-0.05, 0) is 49.8 Å². The molecule has 1 nitrogen and oxygen atoms in total. The van der Waals surface area contributed by atoms with Gasteiger partial charge in [0.25, 0.3) is 0 Å². The highest BCUT2D eigenvalue weighted by atomic mass is 16.5. The van der Waals surface area contributed by atoms with E-state index in [1.807, 2.05) is 0 Å². The van der Waals surface area contributed by atoms with Crippen LogP contribution in [0.4, 0.5) is 0 Å². The van der Waals surface area contributed by atoms with E-state index in [4.69, 9.17) is 4.74 Å². The van der Waals surface area contributed by atoms with Crippen LogP contribution in [0, 0.1) is 0 Å². The molecule has 1 aromatic carbocycles. The molecule has 1 rings (SSSR count). The first kappa shape index (κ1) is 16.8. The van der Waals surface area contributed by atoms with Crippen LogP contribution >= 0.6 is 0 Å². The van der Waals surface area contributed by atoms with Crippen molar-refractivity contribution in [3.63, 3.8) is 0 Å². The molecule has 0 fully saturated rings. The molecule has 0 saturated heterocycles. The molecule has 0 heterocycles. The van der Waals surface area contributed by atoms with E-state index in [1.54, 1.807) is 0 Å². The zero-order chi connectivity index (χ0) is 14.6. The Labute approximate surface area is 125 Å². The third-order valence-electron chi connectivity index (χ3n) is 3.77. The van der Waals surface area contributed by atoms with E-state index in [1.165, 1.54) is 31.2 Å². The third-order valence-corrected chi connectivity index (χ3v) is 3.77. The van der Waals surface area contributed by atoms with Gasteiger partial charge >= 0.3 is 0 Å². The van der Waals surface area contributed by atoms with Gasteiger partial charge in [0.1, 0.15) is 5.75 Å². The lowest BCUT2D eigenvalue weighted by Crippen LogP contribution is -1.99. The van der Waals surface area contributed by atoms with Gasteiger partial charge in [0.15, 0.2) is 0 Å². The number of rotatable bonds is 10. The number of hydrogen-bond donors (Lipinski definition) is 0. The van der Waals surface area contributed by atoms with Gasteiger partial charge < -0.3 is 4.74 Å². The second-order valence-corrected chi connectivity index (χ2v) is 5.39. The number of hydrogen-bond acceptors (Lipinski definition) is 1. The summed E-state index contributed by atoms with van der Waals surface area (Å²) in [6, 6.07) is 8.68. The van der Waals surface area contributed by atoms with Crippen molar-refractivity contribution >= 4 is 0 Å². The molecule has 0 saturated carbocycles. The minimum atomic E-state index is 0.629. The van der Waals surface area contributed by atoms with Crippen molar-refractivity contribution in [3.8, 4) is 5.75 Å². The largest absolute Gasteiger partial charge is 0.494 e. The van der Waals surface area contributed by atoms with Crippen LogP contribution in [0.5, 0.6) is 5.75 Å². The summed E-state index contributed by atoms with van der Waals surface area (Å²) in [6.45, 7) is 7.42. The van der Waals surface area contributed by atoms with E-state index < -0.39 is 0 Å². The van der Waals surface area contributed by atoms with E-state index in [2.05, 4.69) is 57.2 Å². The smallest absolute Gasteiger partial charge is 0.119 e. The molecule has 1 aromatic rings. The first-order valence-electron chi connectivity index (χ1n) is 8.15. The zero-order valence-corrected chi connectivity index (χ0v) is 13.4. The summed E-state index contributed by atoms with van der Waals surface area (Å²) in [5.74, 6) is 1.64. The average Bonchev–Trinajstić information content (AvgIpc) is 2.49. The third kappa shape index (κ3) is 6.27. The van der Waals surface area contributed by atoms with Crippen molar-refractivity contribution in [2.24, 2.45) is 0 Å². The Kier molecular flexibility index (Phi) is 8.86. The predicted molar refractivity (Wildman–Crippen MR) is 88.5 cm³/mol. The first-order chi connectivity index (χ1) is 9.81. The summed E-state index contributed by atoms with van der Waals surface area (Å²) < 4.78 is 5.79. The lowest BCUT2D eigenvalue weighted by molar-refractivity contribution is 0.305. The fourth-order valence-electron chi connectivity index (χ4n) is 2.39. The fraction of sp³-hybridized carbons (Fsp3) is 0.579. The maximum atomic E-state index is 5.79. The van der Waals surface area contributed by atoms with Crippen molar-refractivity contribution in [3.05, 3.63) is 42.0 Å². The molecule has 20 heavy (non-hydrogen) atoms. The summed E-state index contributed by atoms with van der Waals surface area (Å²) >= 11 is 0. The van der Waals surface area contributed by atoms with Gasteiger partial charge in [0.05, 0.1) is 6.61 Å². The van der Waals surface area contributed by atoms with Gasteiger partial charge in [0.2, 0.25) is 0 Å². The molecule has 1 atom stereocenters. The van der Waals surface area contributed by atoms with Gasteiger partial charge in [-0.1, -0.05) is 57.4 Å². The Hall–Kier alpha value is -1.24. The van der Waals surface area contributed by atoms with E-state index in [0.29, 0.717) is 5.92 Å². The molecule has 0 aliphatic heterocycles. The van der Waals surface area contributed by atoms with Crippen LogP contribution in [-0.2, 0) is 0 Å². The van der Waals surface area contributed by atoms with Gasteiger partial charge in [-0.25, -0.2) is 0 Å². The highest BCUT2D eigenvalue weighted by Crippen LogP contribution is 2.25. The molecule has 0 spiro atoms. The van der Waals surface area contributed by atoms with Crippen LogP contribution in [-0.4, -0.2) is 6.61 Å². The van der Waals surface area contributed by atoms with E-state index >= 15 is 0 Å². The van der Waals surface area contributed by atoms with Gasteiger partial charge in [-0.3, -0.25) is 0 Å². The van der Waals surface area contributed by atoms with Crippen LogP contribution < -0.4 is 4.74 Å². The maximum Gasteiger partial charge on any atom is 0.119 e. The zero-order valence-electron chi connectivity index (χ0n) is 13.4. The lowest BCUT2D eigenvalue weighted by atomic mass is 9.93. The van der Waals surface area contributed by atoms with Gasteiger partial charge in [0, 0.05) is 0 Å². The van der Waals surface area contributed by atoms with E-state index in [-0.39, 0.29) is 0 Å². The SMILES string of the molecule is C/C=C\CC(CC)c1ccc(OCCCCCC)cc1. The maximum absolute atomic E-state index is 5.79. The fourth-order valence-corrected chi connectivity index (χ4v) is 2.39. The number of benzene rings is 1. The Morgan fingerprint density at radius 3 is 2.40 bits per heavy atom. The van der Waals surface area contributed by atoms with Crippen LogP contribution in [0.25, 0.3) is 0 Å². The molecular formula is C19H30O. The van der Waals surface area contributed by atoms with Crippen molar-refractivity contribution in [2.75, 3.05) is 6.61 Å². The van der Waals surface area contributed by atoms with Crippen LogP contribution in [0.2, 0.25) is 0 Å². The Balaban J connectivity index is 2.42. The molecule has 0 aliphatic rings. The lowest BCUT2D eigenvalue weighted by Gasteiger charge is -2.14. The molecular weight excluding hydrogens is 244 g/mol. The quantitative estimate of drug-likeness (QED) is 0.369. The minimum absolute atomic E-state index is 0.629. The number of ether oxygens (including phenoxy) is 1. The number of unbranched alkanes of at least 4 members (excludes halogenated alkanes) is 3. The summed E-state index contributed by atoms with van der Waals surface area (Å²) in [5, 5.41) is 0. The highest BCUT2D eigenvalue weighted by molar-refractivity contribution is 5.29. The Bertz CT molecular complexity index is 364. The molecule has 0 N–H and O–H groups in total. The summed E-state index contributed by atoms with van der Waals surface area (Å²) in [7, 11) is 0. The van der Waals surface area contributed by atoms with Crippen LogP contribution in [0.15, 0.2) is 36.4 Å². The minimum Gasteiger partial charge on any atom is -0.494 e. The van der Waals surface area contributed by atoms with E-state index in [9.17, 15) is 0 Å². The molecule has 0 bridgehead atoms. The predicted octanol–water partition coefficient (Wildman–Crippen LogP) is 6.11. The van der Waals surface area contributed by atoms with Gasteiger partial charge in [-0.15, -0.1) is 0 Å². The molecule has 1 unspecified atom stereocenters. The van der Waals surface area contributed by atoms with Crippen molar-refractivity contribution < 1.29 is 4.74 Å². The van der Waals surface area contributed by atoms with E-state index in [0.717, 1.165) is 25.2 Å². The van der Waals surface area contributed by atoms with Crippen molar-refractivity contribution in [2.45, 2.75) is 65.2 Å². The van der Waals surface area contributed by atoms with Crippen molar-refractivity contribution in [1.29, 1.82) is 0 Å². The Morgan fingerprint density at radius 1 is 1.05 bits per heavy atom. The topological polar surface area (TPSA) is 9.23 Å². The monoisotopic (exact) mass is 274 g/mol. The van der Waals surface area contributed by atoms with Crippen LogP contribution in [0.3, 0.4) is 0 Å². The number of allylic oxidation sites excluding steroid dienone is 2. The summed E-state index contributed by atoms with van der Waals surface area (Å²) in [4.78, 5) is 0. The van der Waals surface area contributed by atoms with Crippen molar-refractivity contribution in [1.82, 2.24) is 0 Å². The molecule has 1 heteroatoms. The summed E-state index contributed by atoms with van der Waals surface area (Å²) in [6.07, 6.45) is 11.7. The standard InChI is InChI=1S/C19H30O/c1-4-7-9-10-16-20-19-14-12-18(13-15-19)17(6-3)11-8-5-2/h5,8,12-15,17H,4,6-7,9-11,16H2,1-3H3/b8-5-. The molecule has 0 radical (unpaired) electrons. The second-order valence-electron chi connectivity index (χ2n) is 5.39. The normalized spacial score (nSPS) is 12.8. The highest BCUT2D eigenvalue weighted by Gasteiger charge is 2.07. The average molecular weight is 274 g/mol. The first-order valence-corrected chi connectivity index (χ1v) is 8.15. The molecule has 0 aromatic heterocycles. The van der Waals surface area contributed by atoms with Crippen LogP contribution in [0.1, 0.15) is 70.8 Å². The Morgan fingerprint density at radius 2 is 1.80 bits per heavy atom. The summed E-state index contributed by atoms with van der Waals surface area (Å²) in [5.41, 5.74) is 1.42. The van der Waals surface area contributed by atoms with Gasteiger partial charge in [-0.2, -0.15) is 0 Å². The second kappa shape index (κ2) is 10.5. The molecule has 0 aliphatic carbocycles.